The zero-order chi connectivity index (χ0) is 13.4. The predicted molar refractivity (Wildman–Crippen MR) is 73.6 cm³/mol. The van der Waals surface area contributed by atoms with Gasteiger partial charge in [0.15, 0.2) is 0 Å². The lowest BCUT2D eigenvalue weighted by Gasteiger charge is -2.28. The maximum atomic E-state index is 11.9. The van der Waals surface area contributed by atoms with Gasteiger partial charge in [0.25, 0.3) is 0 Å². The second-order valence-electron chi connectivity index (χ2n) is 4.41. The lowest BCUT2D eigenvalue weighted by atomic mass is 10.3. The maximum absolute atomic E-state index is 11.9. The van der Waals surface area contributed by atoms with Crippen LogP contribution in [0.1, 0.15) is 19.8 Å². The van der Waals surface area contributed by atoms with Crippen LogP contribution in [0.3, 0.4) is 0 Å². The van der Waals surface area contributed by atoms with E-state index in [0.29, 0.717) is 45.8 Å². The van der Waals surface area contributed by atoms with Gasteiger partial charge in [-0.05, 0) is 13.0 Å². The van der Waals surface area contributed by atoms with Gasteiger partial charge in [0, 0.05) is 26.1 Å². The zero-order valence-electron chi connectivity index (χ0n) is 11.3. The van der Waals surface area contributed by atoms with E-state index in [9.17, 15) is 9.59 Å². The molecular weight excluding hydrogens is 272 g/mol. The standard InChI is InChI=1S/C12H22N2O4.ClH/c1-2-4-13(10-12(16)17)5-3-11(15)14-6-8-18-9-7-14;/h2-10H2,1H3,(H,16,17);1H. The van der Waals surface area contributed by atoms with Gasteiger partial charge >= 0.3 is 5.97 Å². The van der Waals surface area contributed by atoms with Gasteiger partial charge in [-0.2, -0.15) is 0 Å². The number of carboxylic acid groups (broad SMARTS) is 1. The number of rotatable bonds is 7. The monoisotopic (exact) mass is 294 g/mol. The summed E-state index contributed by atoms with van der Waals surface area (Å²) in [6, 6.07) is 0. The van der Waals surface area contributed by atoms with Crippen molar-refractivity contribution in [1.82, 2.24) is 9.80 Å². The van der Waals surface area contributed by atoms with Crippen LogP contribution in [-0.2, 0) is 14.3 Å². The van der Waals surface area contributed by atoms with Gasteiger partial charge in [0.2, 0.25) is 5.91 Å². The number of ether oxygens (including phenoxy) is 1. The molecule has 112 valence electrons. The largest absolute Gasteiger partial charge is 0.480 e. The Morgan fingerprint density at radius 2 is 1.89 bits per heavy atom. The third-order valence-electron chi connectivity index (χ3n) is 2.90. The summed E-state index contributed by atoms with van der Waals surface area (Å²) in [6.45, 7) is 5.71. The number of nitrogens with zero attached hydrogens (tertiary/aromatic N) is 2. The van der Waals surface area contributed by atoms with E-state index in [2.05, 4.69) is 0 Å². The molecule has 0 unspecified atom stereocenters. The lowest BCUT2D eigenvalue weighted by Crippen LogP contribution is -2.42. The van der Waals surface area contributed by atoms with Crippen molar-refractivity contribution in [2.24, 2.45) is 0 Å². The minimum absolute atomic E-state index is 0. The van der Waals surface area contributed by atoms with E-state index in [1.54, 1.807) is 9.80 Å². The average Bonchev–Trinajstić information content (AvgIpc) is 2.36. The van der Waals surface area contributed by atoms with Crippen LogP contribution >= 0.6 is 12.4 Å². The van der Waals surface area contributed by atoms with Crippen LogP contribution in [0.15, 0.2) is 0 Å². The molecule has 6 nitrogen and oxygen atoms in total. The second kappa shape index (κ2) is 10.00. The van der Waals surface area contributed by atoms with Crippen molar-refractivity contribution in [3.63, 3.8) is 0 Å². The van der Waals surface area contributed by atoms with Crippen LogP contribution in [0.4, 0.5) is 0 Å². The Balaban J connectivity index is 0.00000324. The predicted octanol–water partition coefficient (Wildman–Crippen LogP) is 0.454. The second-order valence-corrected chi connectivity index (χ2v) is 4.41. The zero-order valence-corrected chi connectivity index (χ0v) is 12.2. The molecule has 0 radical (unpaired) electrons. The van der Waals surface area contributed by atoms with Crippen molar-refractivity contribution in [3.05, 3.63) is 0 Å². The third kappa shape index (κ3) is 7.34. The Morgan fingerprint density at radius 1 is 1.26 bits per heavy atom. The average molecular weight is 295 g/mol. The van der Waals surface area contributed by atoms with Crippen LogP contribution in [-0.4, -0.2) is 72.7 Å². The summed E-state index contributed by atoms with van der Waals surface area (Å²) in [5.74, 6) is -0.757. The van der Waals surface area contributed by atoms with Gasteiger partial charge in [-0.1, -0.05) is 6.92 Å². The minimum Gasteiger partial charge on any atom is -0.480 e. The quantitative estimate of drug-likeness (QED) is 0.738. The van der Waals surface area contributed by atoms with Crippen molar-refractivity contribution < 1.29 is 19.4 Å². The molecule has 1 fully saturated rings. The van der Waals surface area contributed by atoms with E-state index in [1.165, 1.54) is 0 Å². The van der Waals surface area contributed by atoms with Gasteiger partial charge in [0.1, 0.15) is 0 Å². The summed E-state index contributed by atoms with van der Waals surface area (Å²) in [6.07, 6.45) is 1.27. The molecule has 1 aliphatic rings. The number of amides is 1. The first-order valence-electron chi connectivity index (χ1n) is 6.43. The Bertz CT molecular complexity index is 283. The molecule has 19 heavy (non-hydrogen) atoms. The molecular formula is C12H23ClN2O4. The number of hydrogen-bond donors (Lipinski definition) is 1. The number of aliphatic carboxylic acids is 1. The summed E-state index contributed by atoms with van der Waals surface area (Å²) < 4.78 is 5.18. The number of carbonyl (C=O) groups is 2. The first kappa shape index (κ1) is 18.1. The van der Waals surface area contributed by atoms with Crippen LogP contribution < -0.4 is 0 Å². The van der Waals surface area contributed by atoms with Gasteiger partial charge in [-0.25, -0.2) is 0 Å². The maximum Gasteiger partial charge on any atom is 0.317 e. The molecule has 0 spiro atoms. The molecule has 0 aromatic carbocycles. The normalized spacial score (nSPS) is 15.2. The number of carboxylic acids is 1. The molecule has 1 rings (SSSR count). The van der Waals surface area contributed by atoms with E-state index in [1.807, 2.05) is 6.92 Å². The Morgan fingerprint density at radius 3 is 2.42 bits per heavy atom. The molecule has 0 saturated carbocycles. The number of halogens is 1. The highest BCUT2D eigenvalue weighted by atomic mass is 35.5. The molecule has 0 aromatic rings. The number of hydrogen-bond acceptors (Lipinski definition) is 4. The fourth-order valence-electron chi connectivity index (χ4n) is 2.00. The minimum atomic E-state index is -0.845. The van der Waals surface area contributed by atoms with Crippen molar-refractivity contribution in [1.29, 1.82) is 0 Å². The SMILES string of the molecule is CCCN(CCC(=O)N1CCOCC1)CC(=O)O.Cl. The summed E-state index contributed by atoms with van der Waals surface area (Å²) in [5, 5.41) is 8.77. The van der Waals surface area contributed by atoms with Crippen LogP contribution in [0.5, 0.6) is 0 Å². The van der Waals surface area contributed by atoms with Crippen molar-refractivity contribution >= 4 is 24.3 Å². The molecule has 0 aliphatic carbocycles. The summed E-state index contributed by atoms with van der Waals surface area (Å²) in [5.41, 5.74) is 0. The van der Waals surface area contributed by atoms with Gasteiger partial charge < -0.3 is 14.7 Å². The van der Waals surface area contributed by atoms with Crippen LogP contribution in [0, 0.1) is 0 Å². The van der Waals surface area contributed by atoms with Gasteiger partial charge in [-0.3, -0.25) is 14.5 Å². The fraction of sp³-hybridized carbons (Fsp3) is 0.833. The molecule has 0 bridgehead atoms. The lowest BCUT2D eigenvalue weighted by molar-refractivity contribution is -0.140. The van der Waals surface area contributed by atoms with E-state index < -0.39 is 5.97 Å². The molecule has 1 aliphatic heterocycles. The topological polar surface area (TPSA) is 70.1 Å². The number of morpholine rings is 1. The first-order chi connectivity index (χ1) is 8.63. The highest BCUT2D eigenvalue weighted by Gasteiger charge is 2.18. The van der Waals surface area contributed by atoms with E-state index >= 15 is 0 Å². The summed E-state index contributed by atoms with van der Waals surface area (Å²) >= 11 is 0. The highest BCUT2D eigenvalue weighted by Crippen LogP contribution is 2.02. The van der Waals surface area contributed by atoms with Crippen molar-refractivity contribution in [2.75, 3.05) is 45.9 Å². The van der Waals surface area contributed by atoms with Crippen molar-refractivity contribution in [3.8, 4) is 0 Å². The number of carbonyl (C=O) groups excluding carboxylic acids is 1. The van der Waals surface area contributed by atoms with Crippen molar-refractivity contribution in [2.45, 2.75) is 19.8 Å². The summed E-state index contributed by atoms with van der Waals surface area (Å²) in [4.78, 5) is 26.2. The van der Waals surface area contributed by atoms with E-state index in [-0.39, 0.29) is 24.9 Å². The molecule has 1 N–H and O–H groups in total. The van der Waals surface area contributed by atoms with Crippen LogP contribution in [0.2, 0.25) is 0 Å². The Kier molecular flexibility index (Phi) is 9.55. The third-order valence-corrected chi connectivity index (χ3v) is 2.90. The smallest absolute Gasteiger partial charge is 0.317 e. The Labute approximate surface area is 120 Å². The molecule has 7 heteroatoms. The highest BCUT2D eigenvalue weighted by molar-refractivity contribution is 5.85. The molecule has 1 saturated heterocycles. The molecule has 1 amide bonds. The van der Waals surface area contributed by atoms with Gasteiger partial charge in [0.05, 0.1) is 19.8 Å². The van der Waals surface area contributed by atoms with E-state index in [4.69, 9.17) is 9.84 Å². The molecule has 1 heterocycles. The Hall–Kier alpha value is -0.850. The molecule has 0 atom stereocenters. The first-order valence-corrected chi connectivity index (χ1v) is 6.43. The van der Waals surface area contributed by atoms with Crippen LogP contribution in [0.25, 0.3) is 0 Å². The van der Waals surface area contributed by atoms with Gasteiger partial charge in [-0.15, -0.1) is 12.4 Å². The fourth-order valence-corrected chi connectivity index (χ4v) is 2.00. The summed E-state index contributed by atoms with van der Waals surface area (Å²) in [7, 11) is 0. The molecule has 0 aromatic heterocycles. The van der Waals surface area contributed by atoms with E-state index in [0.717, 1.165) is 6.42 Å².